The molecule has 0 saturated heterocycles. The molecular weight excluding hydrogens is 292 g/mol. The molecule has 0 aliphatic heterocycles. The summed E-state index contributed by atoms with van der Waals surface area (Å²) >= 11 is 0. The number of benzene rings is 1. The molecule has 2 aromatic rings. The normalized spacial score (nSPS) is 21.8. The molecule has 1 heterocycles. The molecule has 23 heavy (non-hydrogen) atoms. The molecule has 1 aliphatic carbocycles. The first kappa shape index (κ1) is 15.6. The molecule has 0 unspecified atom stereocenters. The zero-order valence-electron chi connectivity index (χ0n) is 13.3. The lowest BCUT2D eigenvalue weighted by atomic mass is 9.94. The van der Waals surface area contributed by atoms with Crippen molar-refractivity contribution < 1.29 is 14.7 Å². The fourth-order valence-corrected chi connectivity index (χ4v) is 3.54. The van der Waals surface area contributed by atoms with Gasteiger partial charge < -0.3 is 15.0 Å². The summed E-state index contributed by atoms with van der Waals surface area (Å²) in [7, 11) is 1.91. The number of amides is 1. The van der Waals surface area contributed by atoms with Crippen LogP contribution in [-0.2, 0) is 11.8 Å². The highest BCUT2D eigenvalue weighted by Crippen LogP contribution is 2.25. The second-order valence-electron chi connectivity index (χ2n) is 6.33. The number of para-hydroxylation sites is 1. The first-order valence-corrected chi connectivity index (χ1v) is 8.15. The molecule has 0 radical (unpaired) electrons. The van der Waals surface area contributed by atoms with E-state index in [1.54, 1.807) is 0 Å². The van der Waals surface area contributed by atoms with Gasteiger partial charge in [-0.1, -0.05) is 37.5 Å². The van der Waals surface area contributed by atoms with Gasteiger partial charge in [0.05, 0.1) is 11.5 Å². The number of aromatic nitrogens is 1. The van der Waals surface area contributed by atoms with Crippen molar-refractivity contribution in [2.24, 2.45) is 13.0 Å². The van der Waals surface area contributed by atoms with Gasteiger partial charge in [0.2, 0.25) is 0 Å². The van der Waals surface area contributed by atoms with Crippen molar-refractivity contribution in [3.8, 4) is 0 Å². The molecule has 5 heteroatoms. The summed E-state index contributed by atoms with van der Waals surface area (Å²) in [5.74, 6) is -1.48. The third kappa shape index (κ3) is 3.09. The lowest BCUT2D eigenvalue weighted by molar-refractivity contribution is -0.142. The first-order chi connectivity index (χ1) is 11.1. The van der Waals surface area contributed by atoms with Crippen molar-refractivity contribution in [2.75, 3.05) is 0 Å². The van der Waals surface area contributed by atoms with Crippen molar-refractivity contribution >= 4 is 22.8 Å². The number of aryl methyl sites for hydroxylation is 1. The Morgan fingerprint density at radius 1 is 1.17 bits per heavy atom. The number of fused-ring (bicyclic) bond motifs is 1. The fourth-order valence-electron chi connectivity index (χ4n) is 3.54. The van der Waals surface area contributed by atoms with Gasteiger partial charge >= 0.3 is 5.97 Å². The van der Waals surface area contributed by atoms with E-state index in [0.717, 1.165) is 36.6 Å². The van der Waals surface area contributed by atoms with Gasteiger partial charge in [-0.05, 0) is 18.9 Å². The average molecular weight is 314 g/mol. The Balaban J connectivity index is 1.85. The quantitative estimate of drug-likeness (QED) is 0.856. The molecule has 5 nitrogen and oxygen atoms in total. The van der Waals surface area contributed by atoms with Crippen molar-refractivity contribution in [2.45, 2.75) is 38.1 Å². The topological polar surface area (TPSA) is 71.3 Å². The lowest BCUT2D eigenvalue weighted by Gasteiger charge is -2.22. The molecule has 3 rings (SSSR count). The molecule has 1 aromatic carbocycles. The number of carboxylic acids is 1. The highest BCUT2D eigenvalue weighted by atomic mass is 16.4. The number of aliphatic carboxylic acids is 1. The SMILES string of the molecule is Cn1cc(C(=O)N[C@H]2CCCCC[C@H]2C(=O)O)c2ccccc21. The number of nitrogens with zero attached hydrogens (tertiary/aromatic N) is 1. The second kappa shape index (κ2) is 6.44. The maximum absolute atomic E-state index is 12.7. The third-order valence-electron chi connectivity index (χ3n) is 4.79. The Labute approximate surface area is 135 Å². The van der Waals surface area contributed by atoms with Crippen molar-refractivity contribution in [3.63, 3.8) is 0 Å². The van der Waals surface area contributed by atoms with Gasteiger partial charge in [-0.15, -0.1) is 0 Å². The zero-order valence-corrected chi connectivity index (χ0v) is 13.3. The van der Waals surface area contributed by atoms with Gasteiger partial charge in [-0.25, -0.2) is 0 Å². The Hall–Kier alpha value is -2.30. The largest absolute Gasteiger partial charge is 0.481 e. The number of carbonyl (C=O) groups excluding carboxylic acids is 1. The maximum Gasteiger partial charge on any atom is 0.308 e. The van der Waals surface area contributed by atoms with Crippen LogP contribution in [-0.4, -0.2) is 27.6 Å². The van der Waals surface area contributed by atoms with E-state index in [1.807, 2.05) is 42.1 Å². The summed E-state index contributed by atoms with van der Waals surface area (Å²) in [5.41, 5.74) is 1.60. The first-order valence-electron chi connectivity index (χ1n) is 8.15. The van der Waals surface area contributed by atoms with E-state index >= 15 is 0 Å². The van der Waals surface area contributed by atoms with E-state index < -0.39 is 11.9 Å². The molecule has 2 atom stereocenters. The summed E-state index contributed by atoms with van der Waals surface area (Å²) in [4.78, 5) is 24.2. The molecule has 1 aromatic heterocycles. The highest BCUT2D eigenvalue weighted by Gasteiger charge is 2.31. The van der Waals surface area contributed by atoms with Crippen LogP contribution in [0.15, 0.2) is 30.5 Å². The van der Waals surface area contributed by atoms with Gasteiger partial charge in [-0.3, -0.25) is 9.59 Å². The van der Waals surface area contributed by atoms with E-state index in [-0.39, 0.29) is 11.9 Å². The van der Waals surface area contributed by atoms with Crippen LogP contribution in [0.25, 0.3) is 10.9 Å². The van der Waals surface area contributed by atoms with E-state index in [0.29, 0.717) is 12.0 Å². The van der Waals surface area contributed by atoms with Crippen molar-refractivity contribution in [3.05, 3.63) is 36.0 Å². The smallest absolute Gasteiger partial charge is 0.308 e. The molecule has 1 saturated carbocycles. The van der Waals surface area contributed by atoms with Gasteiger partial charge in [-0.2, -0.15) is 0 Å². The van der Waals surface area contributed by atoms with Crippen LogP contribution in [0.3, 0.4) is 0 Å². The predicted octanol–water partition coefficient (Wildman–Crippen LogP) is 2.94. The van der Waals surface area contributed by atoms with E-state index in [4.69, 9.17) is 0 Å². The Bertz CT molecular complexity index is 735. The maximum atomic E-state index is 12.7. The Morgan fingerprint density at radius 3 is 2.70 bits per heavy atom. The lowest BCUT2D eigenvalue weighted by Crippen LogP contribution is -2.42. The van der Waals surface area contributed by atoms with Crippen molar-refractivity contribution in [1.29, 1.82) is 0 Å². The van der Waals surface area contributed by atoms with Crippen molar-refractivity contribution in [1.82, 2.24) is 9.88 Å². The summed E-state index contributed by atoms with van der Waals surface area (Å²) in [6.45, 7) is 0. The summed E-state index contributed by atoms with van der Waals surface area (Å²) in [5, 5.41) is 13.3. The second-order valence-corrected chi connectivity index (χ2v) is 6.33. The molecule has 0 bridgehead atoms. The zero-order chi connectivity index (χ0) is 16.4. The van der Waals surface area contributed by atoms with Crippen LogP contribution in [0, 0.1) is 5.92 Å². The number of carbonyl (C=O) groups is 2. The monoisotopic (exact) mass is 314 g/mol. The third-order valence-corrected chi connectivity index (χ3v) is 4.79. The summed E-state index contributed by atoms with van der Waals surface area (Å²) in [6, 6.07) is 7.45. The predicted molar refractivity (Wildman–Crippen MR) is 88.4 cm³/mol. The average Bonchev–Trinajstić information content (AvgIpc) is 2.71. The number of rotatable bonds is 3. The van der Waals surface area contributed by atoms with E-state index in [9.17, 15) is 14.7 Å². The minimum atomic E-state index is -0.810. The molecule has 1 amide bonds. The Kier molecular flexibility index (Phi) is 4.37. The van der Waals surface area contributed by atoms with E-state index in [2.05, 4.69) is 5.32 Å². The molecule has 1 aliphatic rings. The number of hydrogen-bond acceptors (Lipinski definition) is 2. The fraction of sp³-hybridized carbons (Fsp3) is 0.444. The molecule has 1 fully saturated rings. The molecular formula is C18H22N2O3. The Morgan fingerprint density at radius 2 is 1.91 bits per heavy atom. The van der Waals surface area contributed by atoms with Gasteiger partial charge in [0.1, 0.15) is 0 Å². The van der Waals surface area contributed by atoms with Crippen LogP contribution in [0.4, 0.5) is 0 Å². The van der Waals surface area contributed by atoms with Gasteiger partial charge in [0, 0.05) is 30.2 Å². The van der Waals surface area contributed by atoms with E-state index in [1.165, 1.54) is 0 Å². The molecule has 122 valence electrons. The number of carboxylic acid groups (broad SMARTS) is 1. The summed E-state index contributed by atoms with van der Waals surface area (Å²) < 4.78 is 1.92. The van der Waals surface area contributed by atoms with Crippen LogP contribution in [0.5, 0.6) is 0 Å². The molecule has 2 N–H and O–H groups in total. The van der Waals surface area contributed by atoms with Crippen LogP contribution in [0.2, 0.25) is 0 Å². The highest BCUT2D eigenvalue weighted by molar-refractivity contribution is 6.07. The number of hydrogen-bond donors (Lipinski definition) is 2. The standard InChI is InChI=1S/C18H22N2O3/c1-20-11-14(12-7-5-6-10-16(12)20)17(21)19-15-9-4-2-3-8-13(15)18(22)23/h5-7,10-11,13,15H,2-4,8-9H2,1H3,(H,19,21)(H,22,23)/t13-,15+/m1/s1. The van der Waals surface area contributed by atoms with Crippen LogP contribution < -0.4 is 5.32 Å². The van der Waals surface area contributed by atoms with Gasteiger partial charge in [0.25, 0.3) is 5.91 Å². The minimum Gasteiger partial charge on any atom is -0.481 e. The minimum absolute atomic E-state index is 0.181. The van der Waals surface area contributed by atoms with Gasteiger partial charge in [0.15, 0.2) is 0 Å². The summed E-state index contributed by atoms with van der Waals surface area (Å²) in [6.07, 6.45) is 6.09. The molecule has 0 spiro atoms. The number of nitrogens with one attached hydrogen (secondary N) is 1. The van der Waals surface area contributed by atoms with Crippen LogP contribution >= 0.6 is 0 Å². The van der Waals surface area contributed by atoms with Crippen LogP contribution in [0.1, 0.15) is 42.5 Å².